The van der Waals surface area contributed by atoms with Crippen LogP contribution in [0.15, 0.2) is 0 Å². The van der Waals surface area contributed by atoms with Crippen molar-refractivity contribution >= 4 is 5.97 Å². The average molecular weight is 172 g/mol. The fourth-order valence-corrected chi connectivity index (χ4v) is 1.27. The molecule has 3 atom stereocenters. The van der Waals surface area contributed by atoms with E-state index in [4.69, 9.17) is 0 Å². The van der Waals surface area contributed by atoms with Crippen LogP contribution in [-0.2, 0) is 9.53 Å². The van der Waals surface area contributed by atoms with Crippen molar-refractivity contribution in [1.82, 2.24) is 0 Å². The Morgan fingerprint density at radius 2 is 1.83 bits per heavy atom. The van der Waals surface area contributed by atoms with Crippen LogP contribution in [-0.4, -0.2) is 13.1 Å². The van der Waals surface area contributed by atoms with Crippen molar-refractivity contribution in [2.45, 2.75) is 34.1 Å². The molecule has 0 spiro atoms. The summed E-state index contributed by atoms with van der Waals surface area (Å²) in [5.41, 5.74) is 0. The van der Waals surface area contributed by atoms with E-state index >= 15 is 0 Å². The molecule has 2 nitrogen and oxygen atoms in total. The molecular formula is C10H20O2. The van der Waals surface area contributed by atoms with E-state index in [0.29, 0.717) is 11.8 Å². The van der Waals surface area contributed by atoms with Gasteiger partial charge < -0.3 is 4.74 Å². The molecule has 0 saturated carbocycles. The molecular weight excluding hydrogens is 152 g/mol. The lowest BCUT2D eigenvalue weighted by Crippen LogP contribution is -2.24. The van der Waals surface area contributed by atoms with E-state index in [1.54, 1.807) is 0 Å². The van der Waals surface area contributed by atoms with E-state index in [1.165, 1.54) is 7.11 Å². The Hall–Kier alpha value is -0.530. The molecule has 0 heterocycles. The summed E-state index contributed by atoms with van der Waals surface area (Å²) in [6.45, 7) is 8.35. The van der Waals surface area contributed by atoms with Crippen LogP contribution in [0.2, 0.25) is 0 Å². The molecule has 0 aromatic carbocycles. The van der Waals surface area contributed by atoms with Crippen molar-refractivity contribution in [3.63, 3.8) is 0 Å². The smallest absolute Gasteiger partial charge is 0.308 e. The first-order valence-corrected chi connectivity index (χ1v) is 4.62. The van der Waals surface area contributed by atoms with Gasteiger partial charge in [0.25, 0.3) is 0 Å². The molecule has 0 aliphatic carbocycles. The number of carbonyl (C=O) groups is 1. The fraction of sp³-hybridized carbons (Fsp3) is 0.900. The molecule has 12 heavy (non-hydrogen) atoms. The number of ether oxygens (including phenoxy) is 1. The third kappa shape index (κ3) is 2.84. The first-order valence-electron chi connectivity index (χ1n) is 4.62. The summed E-state index contributed by atoms with van der Waals surface area (Å²) >= 11 is 0. The van der Waals surface area contributed by atoms with Gasteiger partial charge in [-0.3, -0.25) is 4.79 Å². The summed E-state index contributed by atoms with van der Waals surface area (Å²) in [7, 11) is 1.45. The molecule has 0 aliphatic heterocycles. The lowest BCUT2D eigenvalue weighted by atomic mass is 9.84. The quantitative estimate of drug-likeness (QED) is 0.609. The highest BCUT2D eigenvalue weighted by molar-refractivity contribution is 5.72. The third-order valence-corrected chi connectivity index (χ3v) is 2.90. The van der Waals surface area contributed by atoms with Crippen molar-refractivity contribution in [2.75, 3.05) is 7.11 Å². The van der Waals surface area contributed by atoms with Gasteiger partial charge in [-0.1, -0.05) is 34.1 Å². The maximum absolute atomic E-state index is 11.2. The van der Waals surface area contributed by atoms with Gasteiger partial charge in [-0.25, -0.2) is 0 Å². The molecule has 0 saturated heterocycles. The number of esters is 1. The Labute approximate surface area is 75.3 Å². The molecule has 72 valence electrons. The summed E-state index contributed by atoms with van der Waals surface area (Å²) in [6, 6.07) is 0. The van der Waals surface area contributed by atoms with Gasteiger partial charge in [-0.05, 0) is 11.8 Å². The standard InChI is InChI=1S/C10H20O2/c1-6-7(2)8(3)9(4)10(11)12-5/h7-9H,6H2,1-5H3. The van der Waals surface area contributed by atoms with Crippen molar-refractivity contribution in [3.8, 4) is 0 Å². The van der Waals surface area contributed by atoms with Crippen LogP contribution < -0.4 is 0 Å². The first-order chi connectivity index (χ1) is 5.54. The molecule has 0 rings (SSSR count). The van der Waals surface area contributed by atoms with E-state index in [-0.39, 0.29) is 11.9 Å². The summed E-state index contributed by atoms with van der Waals surface area (Å²) in [6.07, 6.45) is 1.11. The zero-order valence-electron chi connectivity index (χ0n) is 8.76. The van der Waals surface area contributed by atoms with Crippen LogP contribution in [0.4, 0.5) is 0 Å². The monoisotopic (exact) mass is 172 g/mol. The van der Waals surface area contributed by atoms with E-state index in [2.05, 4.69) is 25.5 Å². The topological polar surface area (TPSA) is 26.3 Å². The van der Waals surface area contributed by atoms with Crippen LogP contribution >= 0.6 is 0 Å². The Morgan fingerprint density at radius 1 is 1.33 bits per heavy atom. The summed E-state index contributed by atoms with van der Waals surface area (Å²) < 4.78 is 4.69. The Balaban J connectivity index is 4.08. The zero-order valence-corrected chi connectivity index (χ0v) is 8.76. The molecule has 0 aromatic rings. The van der Waals surface area contributed by atoms with Gasteiger partial charge in [0.2, 0.25) is 0 Å². The lowest BCUT2D eigenvalue weighted by Gasteiger charge is -2.22. The fourth-order valence-electron chi connectivity index (χ4n) is 1.27. The predicted octanol–water partition coefficient (Wildman–Crippen LogP) is 2.48. The summed E-state index contributed by atoms with van der Waals surface area (Å²) in [5, 5.41) is 0. The Kier molecular flexibility index (Phi) is 4.95. The molecule has 0 aromatic heterocycles. The lowest BCUT2D eigenvalue weighted by molar-refractivity contribution is -0.147. The Morgan fingerprint density at radius 3 is 2.17 bits per heavy atom. The second-order valence-electron chi connectivity index (χ2n) is 3.56. The van der Waals surface area contributed by atoms with E-state index in [0.717, 1.165) is 6.42 Å². The summed E-state index contributed by atoms with van der Waals surface area (Å²) in [4.78, 5) is 11.2. The second kappa shape index (κ2) is 5.18. The zero-order chi connectivity index (χ0) is 9.72. The Bertz CT molecular complexity index is 143. The second-order valence-corrected chi connectivity index (χ2v) is 3.56. The van der Waals surface area contributed by atoms with Crippen molar-refractivity contribution in [2.24, 2.45) is 17.8 Å². The minimum absolute atomic E-state index is 0.0185. The van der Waals surface area contributed by atoms with Crippen LogP contribution in [0.5, 0.6) is 0 Å². The number of hydrogen-bond donors (Lipinski definition) is 0. The minimum atomic E-state index is -0.0946. The molecule has 0 radical (unpaired) electrons. The minimum Gasteiger partial charge on any atom is -0.469 e. The van der Waals surface area contributed by atoms with Gasteiger partial charge in [0.15, 0.2) is 0 Å². The third-order valence-electron chi connectivity index (χ3n) is 2.90. The van der Waals surface area contributed by atoms with Gasteiger partial charge >= 0.3 is 5.97 Å². The summed E-state index contributed by atoms with van der Waals surface area (Å²) in [5.74, 6) is 0.911. The van der Waals surface area contributed by atoms with Gasteiger partial charge in [0.05, 0.1) is 13.0 Å². The van der Waals surface area contributed by atoms with Gasteiger partial charge in [-0.2, -0.15) is 0 Å². The van der Waals surface area contributed by atoms with Crippen molar-refractivity contribution in [1.29, 1.82) is 0 Å². The molecule has 0 amide bonds. The van der Waals surface area contributed by atoms with E-state index in [9.17, 15) is 4.79 Å². The van der Waals surface area contributed by atoms with E-state index < -0.39 is 0 Å². The predicted molar refractivity (Wildman–Crippen MR) is 49.8 cm³/mol. The van der Waals surface area contributed by atoms with Gasteiger partial charge in [0, 0.05) is 0 Å². The highest BCUT2D eigenvalue weighted by Crippen LogP contribution is 2.23. The molecule has 3 unspecified atom stereocenters. The number of methoxy groups -OCH3 is 1. The van der Waals surface area contributed by atoms with Crippen LogP contribution in [0.1, 0.15) is 34.1 Å². The molecule has 0 N–H and O–H groups in total. The average Bonchev–Trinajstić information content (AvgIpc) is 2.12. The van der Waals surface area contributed by atoms with Crippen molar-refractivity contribution in [3.05, 3.63) is 0 Å². The van der Waals surface area contributed by atoms with E-state index in [1.807, 2.05) is 6.92 Å². The SMILES string of the molecule is CCC(C)C(C)C(C)C(=O)OC. The maximum atomic E-state index is 11.2. The maximum Gasteiger partial charge on any atom is 0.308 e. The molecule has 2 heteroatoms. The number of carbonyl (C=O) groups excluding carboxylic acids is 1. The number of rotatable bonds is 4. The molecule has 0 bridgehead atoms. The van der Waals surface area contributed by atoms with Crippen LogP contribution in [0, 0.1) is 17.8 Å². The van der Waals surface area contributed by atoms with Crippen molar-refractivity contribution < 1.29 is 9.53 Å². The molecule has 0 fully saturated rings. The molecule has 0 aliphatic rings. The highest BCUT2D eigenvalue weighted by Gasteiger charge is 2.24. The van der Waals surface area contributed by atoms with Crippen LogP contribution in [0.3, 0.4) is 0 Å². The highest BCUT2D eigenvalue weighted by atomic mass is 16.5. The van der Waals surface area contributed by atoms with Gasteiger partial charge in [0.1, 0.15) is 0 Å². The normalized spacial score (nSPS) is 18.1. The van der Waals surface area contributed by atoms with Gasteiger partial charge in [-0.15, -0.1) is 0 Å². The largest absolute Gasteiger partial charge is 0.469 e. The first kappa shape index (κ1) is 11.5. The van der Waals surface area contributed by atoms with Crippen LogP contribution in [0.25, 0.3) is 0 Å². The number of hydrogen-bond acceptors (Lipinski definition) is 2.